The second-order valence-corrected chi connectivity index (χ2v) is 5.61. The third-order valence-electron chi connectivity index (χ3n) is 4.30. The van der Waals surface area contributed by atoms with Crippen LogP contribution < -0.4 is 0 Å². The molecule has 0 saturated carbocycles. The van der Waals surface area contributed by atoms with Crippen molar-refractivity contribution in [2.75, 3.05) is 13.6 Å². The van der Waals surface area contributed by atoms with E-state index in [0.717, 1.165) is 17.5 Å². The highest BCUT2D eigenvalue weighted by Gasteiger charge is 2.22. The second kappa shape index (κ2) is 4.82. The minimum atomic E-state index is 0.132. The maximum absolute atomic E-state index is 11.5. The van der Waals surface area contributed by atoms with Crippen LogP contribution in [0.4, 0.5) is 0 Å². The number of nitrogens with one attached hydrogen (secondary N) is 1. The van der Waals surface area contributed by atoms with Gasteiger partial charge in [-0.15, -0.1) is 0 Å². The summed E-state index contributed by atoms with van der Waals surface area (Å²) in [6.07, 6.45) is 5.73. The maximum atomic E-state index is 11.5. The van der Waals surface area contributed by atoms with Crippen LogP contribution in [-0.2, 0) is 6.42 Å². The van der Waals surface area contributed by atoms with E-state index < -0.39 is 0 Å². The Labute approximate surface area is 113 Å². The highest BCUT2D eigenvalue weighted by atomic mass is 16.1. The maximum Gasteiger partial charge on any atom is 0.159 e. The van der Waals surface area contributed by atoms with Gasteiger partial charge in [-0.1, -0.05) is 0 Å². The predicted octanol–water partition coefficient (Wildman–Crippen LogP) is 3.01. The van der Waals surface area contributed by atoms with Gasteiger partial charge in [0, 0.05) is 28.7 Å². The largest absolute Gasteiger partial charge is 0.361 e. The summed E-state index contributed by atoms with van der Waals surface area (Å²) in [6.45, 7) is 2.82. The lowest BCUT2D eigenvalue weighted by Gasteiger charge is -2.18. The molecule has 1 aromatic carbocycles. The highest BCUT2D eigenvalue weighted by Crippen LogP contribution is 2.25. The molecule has 1 aliphatic rings. The van der Waals surface area contributed by atoms with Gasteiger partial charge < -0.3 is 9.88 Å². The molecule has 0 spiro atoms. The van der Waals surface area contributed by atoms with E-state index in [0.29, 0.717) is 6.04 Å². The molecule has 0 bridgehead atoms. The van der Waals surface area contributed by atoms with E-state index >= 15 is 0 Å². The lowest BCUT2D eigenvalue weighted by atomic mass is 10.0. The quantitative estimate of drug-likeness (QED) is 0.857. The molecule has 1 atom stereocenters. The zero-order valence-corrected chi connectivity index (χ0v) is 11.6. The number of carbonyl (C=O) groups is 1. The number of hydrogen-bond donors (Lipinski definition) is 1. The summed E-state index contributed by atoms with van der Waals surface area (Å²) in [5, 5.41) is 1.20. The molecule has 3 nitrogen and oxygen atoms in total. The van der Waals surface area contributed by atoms with Crippen LogP contribution in [0.15, 0.2) is 24.4 Å². The van der Waals surface area contributed by atoms with Crippen molar-refractivity contribution in [1.29, 1.82) is 0 Å². The Kier molecular flexibility index (Phi) is 3.15. The van der Waals surface area contributed by atoms with Crippen molar-refractivity contribution in [3.63, 3.8) is 0 Å². The third kappa shape index (κ3) is 2.30. The monoisotopic (exact) mass is 256 g/mol. The first-order valence-corrected chi connectivity index (χ1v) is 6.96. The number of likely N-dealkylation sites (tertiary alicyclic amines) is 1. The fourth-order valence-electron chi connectivity index (χ4n) is 3.06. The van der Waals surface area contributed by atoms with E-state index in [4.69, 9.17) is 0 Å². The van der Waals surface area contributed by atoms with Crippen molar-refractivity contribution in [1.82, 2.24) is 9.88 Å². The number of fused-ring (bicyclic) bond motifs is 1. The predicted molar refractivity (Wildman–Crippen MR) is 77.7 cm³/mol. The van der Waals surface area contributed by atoms with Gasteiger partial charge in [0.1, 0.15) is 0 Å². The molecule has 0 radical (unpaired) electrons. The van der Waals surface area contributed by atoms with Crippen molar-refractivity contribution in [3.05, 3.63) is 35.5 Å². The summed E-state index contributed by atoms with van der Waals surface area (Å²) in [7, 11) is 2.20. The van der Waals surface area contributed by atoms with Gasteiger partial charge in [0.25, 0.3) is 0 Å². The van der Waals surface area contributed by atoms with Crippen molar-refractivity contribution >= 4 is 16.7 Å². The molecule has 3 heteroatoms. The molecule has 100 valence electrons. The topological polar surface area (TPSA) is 36.1 Å². The van der Waals surface area contributed by atoms with Gasteiger partial charge in [-0.25, -0.2) is 0 Å². The number of H-pyrrole nitrogens is 1. The molecule has 0 aliphatic carbocycles. The number of carbonyl (C=O) groups excluding carboxylic acids is 1. The standard InChI is InChI=1S/C16H20N2O/c1-11(19)12-5-6-16-15(9-12)13(10-17-16)8-14-4-3-7-18(14)2/h5-6,9-10,14,17H,3-4,7-8H2,1-2H3. The molecule has 1 fully saturated rings. The summed E-state index contributed by atoms with van der Waals surface area (Å²) in [5.41, 5.74) is 3.26. The van der Waals surface area contributed by atoms with E-state index in [9.17, 15) is 4.79 Å². The number of aromatic amines is 1. The molecule has 2 aromatic rings. The molecule has 1 saturated heterocycles. The minimum Gasteiger partial charge on any atom is -0.361 e. The van der Waals surface area contributed by atoms with E-state index in [1.807, 2.05) is 18.2 Å². The second-order valence-electron chi connectivity index (χ2n) is 5.61. The van der Waals surface area contributed by atoms with Gasteiger partial charge in [-0.05, 0) is 63.5 Å². The van der Waals surface area contributed by atoms with Gasteiger partial charge in [-0.2, -0.15) is 0 Å². The first-order chi connectivity index (χ1) is 9.15. The Bertz CT molecular complexity index is 614. The smallest absolute Gasteiger partial charge is 0.159 e. The SMILES string of the molecule is CC(=O)c1ccc2[nH]cc(CC3CCCN3C)c2c1. The normalized spacial score (nSPS) is 20.2. The number of benzene rings is 1. The van der Waals surface area contributed by atoms with Crippen molar-refractivity contribution in [3.8, 4) is 0 Å². The van der Waals surface area contributed by atoms with Crippen LogP contribution in [-0.4, -0.2) is 35.3 Å². The molecular formula is C16H20N2O. The van der Waals surface area contributed by atoms with Crippen LogP contribution >= 0.6 is 0 Å². The zero-order chi connectivity index (χ0) is 13.4. The average Bonchev–Trinajstić information content (AvgIpc) is 2.97. The Morgan fingerprint density at radius 2 is 2.32 bits per heavy atom. The molecule has 0 amide bonds. The molecular weight excluding hydrogens is 236 g/mol. The van der Waals surface area contributed by atoms with Crippen LogP contribution in [0, 0.1) is 0 Å². The van der Waals surface area contributed by atoms with E-state index in [2.05, 4.69) is 23.1 Å². The average molecular weight is 256 g/mol. The number of ketones is 1. The molecule has 2 heterocycles. The van der Waals surface area contributed by atoms with Gasteiger partial charge in [-0.3, -0.25) is 4.79 Å². The van der Waals surface area contributed by atoms with Crippen molar-refractivity contribution in [2.45, 2.75) is 32.2 Å². The van der Waals surface area contributed by atoms with Crippen LogP contribution in [0.25, 0.3) is 10.9 Å². The first-order valence-electron chi connectivity index (χ1n) is 6.96. The van der Waals surface area contributed by atoms with Gasteiger partial charge >= 0.3 is 0 Å². The lowest BCUT2D eigenvalue weighted by Crippen LogP contribution is -2.26. The Hall–Kier alpha value is -1.61. The van der Waals surface area contributed by atoms with Gasteiger partial charge in [0.05, 0.1) is 0 Å². The summed E-state index contributed by atoms with van der Waals surface area (Å²) < 4.78 is 0. The highest BCUT2D eigenvalue weighted by molar-refractivity contribution is 5.98. The number of Topliss-reactive ketones (excluding diaryl/α,β-unsaturated/α-hetero) is 1. The van der Waals surface area contributed by atoms with E-state index in [1.165, 1.54) is 30.3 Å². The van der Waals surface area contributed by atoms with E-state index in [1.54, 1.807) is 6.92 Å². The van der Waals surface area contributed by atoms with Gasteiger partial charge in [0.15, 0.2) is 5.78 Å². The van der Waals surface area contributed by atoms with E-state index in [-0.39, 0.29) is 5.78 Å². The molecule has 1 aliphatic heterocycles. The lowest BCUT2D eigenvalue weighted by molar-refractivity contribution is 0.101. The number of likely N-dealkylation sites (N-methyl/N-ethyl adjacent to an activating group) is 1. The molecule has 3 rings (SSSR count). The summed E-state index contributed by atoms with van der Waals surface area (Å²) in [4.78, 5) is 17.3. The number of nitrogens with zero attached hydrogens (tertiary/aromatic N) is 1. The minimum absolute atomic E-state index is 0.132. The fraction of sp³-hybridized carbons (Fsp3) is 0.438. The Balaban J connectivity index is 1.94. The molecule has 1 aromatic heterocycles. The van der Waals surface area contributed by atoms with Gasteiger partial charge in [0.2, 0.25) is 0 Å². The van der Waals surface area contributed by atoms with Crippen molar-refractivity contribution in [2.24, 2.45) is 0 Å². The number of hydrogen-bond acceptors (Lipinski definition) is 2. The van der Waals surface area contributed by atoms with Crippen molar-refractivity contribution < 1.29 is 4.79 Å². The summed E-state index contributed by atoms with van der Waals surface area (Å²) in [5.74, 6) is 0.132. The summed E-state index contributed by atoms with van der Waals surface area (Å²) in [6, 6.07) is 6.57. The van der Waals surface area contributed by atoms with Crippen LogP contribution in [0.3, 0.4) is 0 Å². The van der Waals surface area contributed by atoms with Crippen LogP contribution in [0.2, 0.25) is 0 Å². The Morgan fingerprint density at radius 1 is 1.47 bits per heavy atom. The Morgan fingerprint density at radius 3 is 3.00 bits per heavy atom. The third-order valence-corrected chi connectivity index (χ3v) is 4.30. The molecule has 19 heavy (non-hydrogen) atoms. The van der Waals surface area contributed by atoms with Crippen LogP contribution in [0.5, 0.6) is 0 Å². The molecule has 1 unspecified atom stereocenters. The first kappa shape index (κ1) is 12.4. The number of rotatable bonds is 3. The van der Waals surface area contributed by atoms with Crippen LogP contribution in [0.1, 0.15) is 35.7 Å². The fourth-order valence-corrected chi connectivity index (χ4v) is 3.06. The zero-order valence-electron chi connectivity index (χ0n) is 11.6. The summed E-state index contributed by atoms with van der Waals surface area (Å²) >= 11 is 0. The molecule has 1 N–H and O–H groups in total. The number of aromatic nitrogens is 1.